The number of hydrogen-bond acceptors (Lipinski definition) is 7. The maximum Gasteiger partial charge on any atom is 0.221 e. The van der Waals surface area contributed by atoms with E-state index in [1.807, 2.05) is 36.4 Å². The Morgan fingerprint density at radius 3 is 2.67 bits per heavy atom. The molecule has 0 fully saturated rings. The lowest BCUT2D eigenvalue weighted by atomic mass is 10.2. The average molecular weight is 401 g/mol. The molecular formula is C19H20N4O2S2. The lowest BCUT2D eigenvalue weighted by molar-refractivity contribution is -0.114. The molecule has 0 aliphatic rings. The topological polar surface area (TPSA) is 76.1 Å². The molecule has 2 aromatic carbocycles. The fourth-order valence-electron chi connectivity index (χ4n) is 2.37. The number of amides is 1. The summed E-state index contributed by atoms with van der Waals surface area (Å²) in [7, 11) is 1.67. The van der Waals surface area contributed by atoms with Crippen LogP contribution in [0.1, 0.15) is 12.5 Å². The molecule has 3 aromatic rings. The number of carbonyl (C=O) groups excluding carboxylic acids is 1. The van der Waals surface area contributed by atoms with Crippen molar-refractivity contribution in [2.45, 2.75) is 17.7 Å². The monoisotopic (exact) mass is 400 g/mol. The highest BCUT2D eigenvalue weighted by atomic mass is 32.2. The summed E-state index contributed by atoms with van der Waals surface area (Å²) in [5, 5.41) is 15.1. The Morgan fingerprint density at radius 1 is 1.15 bits per heavy atom. The second-order valence-corrected chi connectivity index (χ2v) is 8.03. The number of aromatic nitrogens is 2. The number of rotatable bonds is 8. The van der Waals surface area contributed by atoms with Crippen molar-refractivity contribution < 1.29 is 9.53 Å². The van der Waals surface area contributed by atoms with Crippen molar-refractivity contribution in [1.82, 2.24) is 10.2 Å². The smallest absolute Gasteiger partial charge is 0.221 e. The lowest BCUT2D eigenvalue weighted by Gasteiger charge is -2.05. The summed E-state index contributed by atoms with van der Waals surface area (Å²) in [6, 6.07) is 15.6. The molecule has 1 heterocycles. The normalized spacial score (nSPS) is 10.4. The molecule has 6 nitrogen and oxygen atoms in total. The van der Waals surface area contributed by atoms with E-state index in [1.54, 1.807) is 18.9 Å². The van der Waals surface area contributed by atoms with Crippen LogP contribution in [-0.2, 0) is 11.2 Å². The summed E-state index contributed by atoms with van der Waals surface area (Å²) in [6.07, 6.45) is 0.954. The molecule has 2 N–H and O–H groups in total. The Balaban J connectivity index is 1.51. The summed E-state index contributed by atoms with van der Waals surface area (Å²) >= 11 is 3.20. The summed E-state index contributed by atoms with van der Waals surface area (Å²) in [6.45, 7) is 1.49. The van der Waals surface area contributed by atoms with Crippen LogP contribution in [0.3, 0.4) is 0 Å². The van der Waals surface area contributed by atoms with Gasteiger partial charge < -0.3 is 15.4 Å². The SMILES string of the molecule is COc1ccc(CCSc2nnc(Nc3cccc(NC(C)=O)c3)s2)cc1. The van der Waals surface area contributed by atoms with Gasteiger partial charge in [-0.25, -0.2) is 0 Å². The third-order valence-corrected chi connectivity index (χ3v) is 5.59. The Labute approximate surface area is 166 Å². The second kappa shape index (κ2) is 9.38. The quantitative estimate of drug-likeness (QED) is 0.539. The lowest BCUT2D eigenvalue weighted by Crippen LogP contribution is -2.05. The number of benzene rings is 2. The first kappa shape index (κ1) is 19.2. The third-order valence-electron chi connectivity index (χ3n) is 3.62. The molecular weight excluding hydrogens is 380 g/mol. The van der Waals surface area contributed by atoms with Crippen LogP contribution in [-0.4, -0.2) is 29.0 Å². The molecule has 0 aliphatic carbocycles. The minimum absolute atomic E-state index is 0.0985. The van der Waals surface area contributed by atoms with E-state index in [-0.39, 0.29) is 5.91 Å². The molecule has 1 amide bonds. The van der Waals surface area contributed by atoms with Crippen molar-refractivity contribution in [2.24, 2.45) is 0 Å². The first-order valence-electron chi connectivity index (χ1n) is 8.36. The van der Waals surface area contributed by atoms with Gasteiger partial charge >= 0.3 is 0 Å². The van der Waals surface area contributed by atoms with Crippen LogP contribution in [0.4, 0.5) is 16.5 Å². The minimum Gasteiger partial charge on any atom is -0.497 e. The molecule has 140 valence electrons. The van der Waals surface area contributed by atoms with Gasteiger partial charge in [0.05, 0.1) is 7.11 Å². The van der Waals surface area contributed by atoms with Crippen LogP contribution in [0, 0.1) is 0 Å². The molecule has 0 aliphatic heterocycles. The predicted molar refractivity (Wildman–Crippen MR) is 111 cm³/mol. The standard InChI is InChI=1S/C19H20N4O2S2/c1-13(24)20-15-4-3-5-16(12-15)21-18-22-23-19(27-18)26-11-10-14-6-8-17(25-2)9-7-14/h3-9,12H,10-11H2,1-2H3,(H,20,24)(H,21,22). The largest absolute Gasteiger partial charge is 0.497 e. The molecule has 0 saturated heterocycles. The molecule has 0 saturated carbocycles. The number of thioether (sulfide) groups is 1. The molecule has 0 unspecified atom stereocenters. The molecule has 8 heteroatoms. The van der Waals surface area contributed by atoms with Crippen LogP contribution < -0.4 is 15.4 Å². The van der Waals surface area contributed by atoms with Gasteiger partial charge in [0.2, 0.25) is 11.0 Å². The molecule has 0 radical (unpaired) electrons. The van der Waals surface area contributed by atoms with Gasteiger partial charge in [-0.3, -0.25) is 4.79 Å². The van der Waals surface area contributed by atoms with Gasteiger partial charge in [0.15, 0.2) is 4.34 Å². The Hall–Kier alpha value is -2.58. The highest BCUT2D eigenvalue weighted by Gasteiger charge is 2.06. The Bertz CT molecular complexity index is 897. The predicted octanol–water partition coefficient (Wildman–Crippen LogP) is 4.58. The second-order valence-electron chi connectivity index (χ2n) is 5.71. The molecule has 0 atom stereocenters. The summed E-state index contributed by atoms with van der Waals surface area (Å²) in [5.74, 6) is 1.70. The van der Waals surface area contributed by atoms with Gasteiger partial charge in [-0.15, -0.1) is 10.2 Å². The Morgan fingerprint density at radius 2 is 1.93 bits per heavy atom. The molecule has 0 bridgehead atoms. The number of nitrogens with one attached hydrogen (secondary N) is 2. The summed E-state index contributed by atoms with van der Waals surface area (Å²) in [4.78, 5) is 11.2. The van der Waals surface area contributed by atoms with Crippen molar-refractivity contribution in [3.63, 3.8) is 0 Å². The first-order valence-corrected chi connectivity index (χ1v) is 10.2. The van der Waals surface area contributed by atoms with Gasteiger partial charge in [0.1, 0.15) is 5.75 Å². The fraction of sp³-hybridized carbons (Fsp3) is 0.211. The van der Waals surface area contributed by atoms with Crippen molar-refractivity contribution in [2.75, 3.05) is 23.5 Å². The van der Waals surface area contributed by atoms with E-state index in [1.165, 1.54) is 23.8 Å². The number of hydrogen-bond donors (Lipinski definition) is 2. The highest BCUT2D eigenvalue weighted by molar-refractivity contribution is 8.01. The van der Waals surface area contributed by atoms with E-state index in [9.17, 15) is 4.79 Å². The third kappa shape index (κ3) is 5.97. The van der Waals surface area contributed by atoms with Crippen molar-refractivity contribution in [3.8, 4) is 5.75 Å². The zero-order valence-corrected chi connectivity index (χ0v) is 16.7. The van der Waals surface area contributed by atoms with Gasteiger partial charge in [-0.2, -0.15) is 0 Å². The number of aryl methyl sites for hydroxylation is 1. The molecule has 27 heavy (non-hydrogen) atoms. The fourth-order valence-corrected chi connectivity index (χ4v) is 4.20. The Kier molecular flexibility index (Phi) is 6.67. The van der Waals surface area contributed by atoms with E-state index in [0.29, 0.717) is 0 Å². The van der Waals surface area contributed by atoms with Gasteiger partial charge in [-0.1, -0.05) is 41.3 Å². The number of ether oxygens (including phenoxy) is 1. The summed E-state index contributed by atoms with van der Waals surface area (Å²) in [5.41, 5.74) is 2.86. The van der Waals surface area contributed by atoms with E-state index >= 15 is 0 Å². The van der Waals surface area contributed by atoms with Crippen LogP contribution >= 0.6 is 23.1 Å². The number of nitrogens with zero attached hydrogens (tertiary/aromatic N) is 2. The van der Waals surface area contributed by atoms with Crippen molar-refractivity contribution >= 4 is 45.5 Å². The highest BCUT2D eigenvalue weighted by Crippen LogP contribution is 2.29. The van der Waals surface area contributed by atoms with Crippen molar-refractivity contribution in [1.29, 1.82) is 0 Å². The molecule has 3 rings (SSSR count). The van der Waals surface area contributed by atoms with Crippen molar-refractivity contribution in [3.05, 3.63) is 54.1 Å². The summed E-state index contributed by atoms with van der Waals surface area (Å²) < 4.78 is 6.09. The van der Waals surface area contributed by atoms with Crippen LogP contribution in [0.2, 0.25) is 0 Å². The van der Waals surface area contributed by atoms with Gasteiger partial charge in [0.25, 0.3) is 0 Å². The maximum absolute atomic E-state index is 11.2. The molecule has 1 aromatic heterocycles. The number of anilines is 3. The van der Waals surface area contributed by atoms with E-state index in [0.717, 1.165) is 38.8 Å². The van der Waals surface area contributed by atoms with Crippen LogP contribution in [0.15, 0.2) is 52.9 Å². The average Bonchev–Trinajstić information content (AvgIpc) is 3.09. The maximum atomic E-state index is 11.2. The van der Waals surface area contributed by atoms with Crippen LogP contribution in [0.25, 0.3) is 0 Å². The van der Waals surface area contributed by atoms with Gasteiger partial charge in [-0.05, 0) is 42.3 Å². The van der Waals surface area contributed by atoms with E-state index in [4.69, 9.17) is 4.74 Å². The molecule has 0 spiro atoms. The first-order chi connectivity index (χ1) is 13.1. The van der Waals surface area contributed by atoms with E-state index in [2.05, 4.69) is 33.0 Å². The number of methoxy groups -OCH3 is 1. The zero-order valence-electron chi connectivity index (χ0n) is 15.1. The number of carbonyl (C=O) groups is 1. The minimum atomic E-state index is -0.0985. The van der Waals surface area contributed by atoms with E-state index < -0.39 is 0 Å². The van der Waals surface area contributed by atoms with Crippen LogP contribution in [0.5, 0.6) is 5.75 Å². The van der Waals surface area contributed by atoms with Gasteiger partial charge in [0, 0.05) is 24.1 Å². The zero-order chi connectivity index (χ0) is 19.1.